The van der Waals surface area contributed by atoms with Crippen LogP contribution in [0.25, 0.3) is 0 Å². The van der Waals surface area contributed by atoms with Crippen LogP contribution in [0.3, 0.4) is 0 Å². The number of benzene rings is 1. The monoisotopic (exact) mass is 298 g/mol. The molecular weight excluding hydrogens is 276 g/mol. The van der Waals surface area contributed by atoms with Crippen LogP contribution in [-0.2, 0) is 9.53 Å². The fourth-order valence-corrected chi connectivity index (χ4v) is 2.05. The molecule has 21 heavy (non-hydrogen) atoms. The predicted octanol–water partition coefficient (Wildman–Crippen LogP) is 1.94. The Balaban J connectivity index is 3.12. The molecular formula is C15H22O6. The topological polar surface area (TPSA) is 74.2 Å². The van der Waals surface area contributed by atoms with E-state index in [0.29, 0.717) is 22.8 Å². The largest absolute Gasteiger partial charge is 0.496 e. The Labute approximate surface area is 124 Å². The van der Waals surface area contributed by atoms with Crippen LogP contribution in [-0.4, -0.2) is 39.5 Å². The van der Waals surface area contributed by atoms with Gasteiger partial charge in [0.15, 0.2) is 11.5 Å². The van der Waals surface area contributed by atoms with E-state index >= 15 is 0 Å². The average molecular weight is 298 g/mol. The minimum atomic E-state index is -0.890. The van der Waals surface area contributed by atoms with Crippen molar-refractivity contribution in [3.8, 4) is 17.2 Å². The number of esters is 1. The van der Waals surface area contributed by atoms with E-state index in [-0.39, 0.29) is 18.3 Å². The lowest BCUT2D eigenvalue weighted by molar-refractivity contribution is -0.142. The number of ether oxygens (including phenoxy) is 4. The van der Waals surface area contributed by atoms with Gasteiger partial charge in [-0.15, -0.1) is 0 Å². The van der Waals surface area contributed by atoms with Crippen molar-refractivity contribution >= 4 is 5.97 Å². The van der Waals surface area contributed by atoms with E-state index in [1.165, 1.54) is 28.4 Å². The van der Waals surface area contributed by atoms with E-state index in [0.717, 1.165) is 0 Å². The zero-order valence-electron chi connectivity index (χ0n) is 13.0. The number of methoxy groups -OCH3 is 4. The second-order valence-electron chi connectivity index (χ2n) is 4.65. The number of rotatable bonds is 7. The third-order valence-electron chi connectivity index (χ3n) is 3.31. The Hall–Kier alpha value is -1.95. The van der Waals surface area contributed by atoms with Gasteiger partial charge < -0.3 is 24.1 Å². The van der Waals surface area contributed by atoms with Crippen LogP contribution in [0.5, 0.6) is 17.2 Å². The lowest BCUT2D eigenvalue weighted by Crippen LogP contribution is -2.16. The molecule has 0 radical (unpaired) electrons. The van der Waals surface area contributed by atoms with Crippen LogP contribution < -0.4 is 14.2 Å². The van der Waals surface area contributed by atoms with Gasteiger partial charge in [0.1, 0.15) is 5.75 Å². The van der Waals surface area contributed by atoms with Gasteiger partial charge in [0, 0.05) is 11.6 Å². The van der Waals surface area contributed by atoms with Crippen molar-refractivity contribution in [2.75, 3.05) is 28.4 Å². The smallest absolute Gasteiger partial charge is 0.305 e. The van der Waals surface area contributed by atoms with E-state index < -0.39 is 6.10 Å². The summed E-state index contributed by atoms with van der Waals surface area (Å²) in [5, 5.41) is 10.4. The molecule has 1 rings (SSSR count). The van der Waals surface area contributed by atoms with Gasteiger partial charge in [-0.1, -0.05) is 6.92 Å². The Morgan fingerprint density at radius 2 is 1.57 bits per heavy atom. The van der Waals surface area contributed by atoms with Crippen molar-refractivity contribution in [2.45, 2.75) is 19.4 Å². The SMILES string of the molecule is COC(=O)CC(C)C(O)c1cc(OC)c(OC)cc1OC. The summed E-state index contributed by atoms with van der Waals surface area (Å²) >= 11 is 0. The molecule has 2 atom stereocenters. The molecule has 0 aliphatic carbocycles. The Kier molecular flexibility index (Phi) is 6.30. The van der Waals surface area contributed by atoms with Crippen LogP contribution in [0.1, 0.15) is 25.0 Å². The van der Waals surface area contributed by atoms with Crippen molar-refractivity contribution in [3.63, 3.8) is 0 Å². The van der Waals surface area contributed by atoms with Crippen LogP contribution in [0.2, 0.25) is 0 Å². The molecule has 2 unspecified atom stereocenters. The first-order valence-corrected chi connectivity index (χ1v) is 6.53. The third-order valence-corrected chi connectivity index (χ3v) is 3.31. The first kappa shape index (κ1) is 17.1. The second-order valence-corrected chi connectivity index (χ2v) is 4.65. The van der Waals surface area contributed by atoms with Crippen molar-refractivity contribution in [1.29, 1.82) is 0 Å². The number of carbonyl (C=O) groups is 1. The van der Waals surface area contributed by atoms with Crippen LogP contribution in [0, 0.1) is 5.92 Å². The molecule has 0 saturated carbocycles. The summed E-state index contributed by atoms with van der Waals surface area (Å²) in [6.45, 7) is 1.76. The molecule has 0 fully saturated rings. The minimum absolute atomic E-state index is 0.106. The van der Waals surface area contributed by atoms with E-state index in [9.17, 15) is 9.90 Å². The molecule has 0 amide bonds. The van der Waals surface area contributed by atoms with Gasteiger partial charge >= 0.3 is 5.97 Å². The van der Waals surface area contributed by atoms with Crippen LogP contribution >= 0.6 is 0 Å². The van der Waals surface area contributed by atoms with Gasteiger partial charge in [-0.25, -0.2) is 0 Å². The Morgan fingerprint density at radius 1 is 1.05 bits per heavy atom. The van der Waals surface area contributed by atoms with Gasteiger partial charge in [0.2, 0.25) is 0 Å². The summed E-state index contributed by atoms with van der Waals surface area (Å²) in [4.78, 5) is 11.3. The van der Waals surface area contributed by atoms with Gasteiger partial charge in [0.05, 0.1) is 41.0 Å². The molecule has 0 aliphatic rings. The highest BCUT2D eigenvalue weighted by Gasteiger charge is 2.25. The first-order chi connectivity index (χ1) is 9.98. The van der Waals surface area contributed by atoms with Gasteiger partial charge in [-0.05, 0) is 12.0 Å². The number of aliphatic hydroxyl groups is 1. The molecule has 0 bridgehead atoms. The maximum Gasteiger partial charge on any atom is 0.305 e. The minimum Gasteiger partial charge on any atom is -0.496 e. The normalized spacial score (nSPS) is 13.2. The van der Waals surface area contributed by atoms with Crippen molar-refractivity contribution in [1.82, 2.24) is 0 Å². The van der Waals surface area contributed by atoms with Crippen molar-refractivity contribution < 1.29 is 28.8 Å². The molecule has 0 aromatic heterocycles. The van der Waals surface area contributed by atoms with E-state index in [4.69, 9.17) is 14.2 Å². The maximum absolute atomic E-state index is 11.3. The molecule has 0 spiro atoms. The molecule has 1 aromatic carbocycles. The highest BCUT2D eigenvalue weighted by Crippen LogP contribution is 2.39. The van der Waals surface area contributed by atoms with E-state index in [2.05, 4.69) is 4.74 Å². The first-order valence-electron chi connectivity index (χ1n) is 6.53. The maximum atomic E-state index is 11.3. The zero-order valence-corrected chi connectivity index (χ0v) is 13.0. The van der Waals surface area contributed by atoms with Crippen LogP contribution in [0.15, 0.2) is 12.1 Å². The molecule has 1 N–H and O–H groups in total. The van der Waals surface area contributed by atoms with Crippen LogP contribution in [0.4, 0.5) is 0 Å². The molecule has 0 aliphatic heterocycles. The standard InChI is InChI=1S/C15H22O6/c1-9(6-14(16)21-5)15(17)10-7-12(19-3)13(20-4)8-11(10)18-2/h7-9,15,17H,6H2,1-5H3. The fourth-order valence-electron chi connectivity index (χ4n) is 2.05. The fraction of sp³-hybridized carbons (Fsp3) is 0.533. The van der Waals surface area contributed by atoms with Crippen molar-refractivity contribution in [3.05, 3.63) is 17.7 Å². The summed E-state index contributed by atoms with van der Waals surface area (Å²) in [7, 11) is 5.85. The van der Waals surface area contributed by atoms with E-state index in [1.54, 1.807) is 19.1 Å². The third kappa shape index (κ3) is 4.01. The average Bonchev–Trinajstić information content (AvgIpc) is 2.52. The highest BCUT2D eigenvalue weighted by atomic mass is 16.5. The number of hydrogen-bond donors (Lipinski definition) is 1. The molecule has 0 heterocycles. The molecule has 118 valence electrons. The predicted molar refractivity (Wildman–Crippen MR) is 76.9 cm³/mol. The summed E-state index contributed by atoms with van der Waals surface area (Å²) in [5.41, 5.74) is 0.534. The second kappa shape index (κ2) is 7.73. The lowest BCUT2D eigenvalue weighted by Gasteiger charge is -2.22. The molecule has 0 saturated heterocycles. The number of aliphatic hydroxyl groups excluding tert-OH is 1. The van der Waals surface area contributed by atoms with Crippen molar-refractivity contribution in [2.24, 2.45) is 5.92 Å². The number of hydrogen-bond acceptors (Lipinski definition) is 6. The zero-order chi connectivity index (χ0) is 16.0. The van der Waals surface area contributed by atoms with Gasteiger partial charge in [-0.2, -0.15) is 0 Å². The van der Waals surface area contributed by atoms with Gasteiger partial charge in [-0.3, -0.25) is 4.79 Å². The summed E-state index contributed by atoms with van der Waals surface area (Å²) in [5.74, 6) is 0.755. The molecule has 1 aromatic rings. The lowest BCUT2D eigenvalue weighted by atomic mass is 9.93. The molecule has 6 heteroatoms. The Morgan fingerprint density at radius 3 is 2.05 bits per heavy atom. The summed E-state index contributed by atoms with van der Waals surface area (Å²) < 4.78 is 20.3. The summed E-state index contributed by atoms with van der Waals surface area (Å²) in [6.07, 6.45) is -0.784. The Bertz CT molecular complexity index is 485. The molecule has 6 nitrogen and oxygen atoms in total. The van der Waals surface area contributed by atoms with E-state index in [1.807, 2.05) is 0 Å². The number of carbonyl (C=O) groups excluding carboxylic acids is 1. The van der Waals surface area contributed by atoms with Gasteiger partial charge in [0.25, 0.3) is 0 Å². The summed E-state index contributed by atoms with van der Waals surface area (Å²) in [6, 6.07) is 3.29. The quantitative estimate of drug-likeness (QED) is 0.776. The highest BCUT2D eigenvalue weighted by molar-refractivity contribution is 5.69.